The molecule has 0 heterocycles. The minimum absolute atomic E-state index is 0.0525. The van der Waals surface area contributed by atoms with Crippen molar-refractivity contribution in [2.75, 3.05) is 6.61 Å². The van der Waals surface area contributed by atoms with Crippen molar-refractivity contribution in [2.24, 2.45) is 0 Å². The van der Waals surface area contributed by atoms with Crippen molar-refractivity contribution in [3.05, 3.63) is 112 Å². The van der Waals surface area contributed by atoms with Crippen LogP contribution < -0.4 is 10.1 Å². The number of halogens is 2. The van der Waals surface area contributed by atoms with Gasteiger partial charge in [0.1, 0.15) is 17.6 Å². The smallest absolute Gasteiger partial charge is 0.261 e. The van der Waals surface area contributed by atoms with Crippen LogP contribution in [-0.2, 0) is 22.6 Å². The summed E-state index contributed by atoms with van der Waals surface area (Å²) < 4.78 is 20.4. The molecule has 1 N–H and O–H groups in total. The molecule has 4 rings (SSSR count). The minimum Gasteiger partial charge on any atom is -0.483 e. The molecule has 0 saturated carbocycles. The largest absolute Gasteiger partial charge is 0.483 e. The van der Waals surface area contributed by atoms with E-state index in [0.29, 0.717) is 17.7 Å². The number of benzene rings is 4. The van der Waals surface area contributed by atoms with E-state index >= 15 is 0 Å². The Hall–Kier alpha value is -3.71. The highest BCUT2D eigenvalue weighted by molar-refractivity contribution is 9.10. The summed E-state index contributed by atoms with van der Waals surface area (Å²) in [5.74, 6) is -0.418. The van der Waals surface area contributed by atoms with Crippen molar-refractivity contribution in [1.82, 2.24) is 10.2 Å². The molecular weight excluding hydrogens is 559 g/mol. The molecule has 0 spiro atoms. The molecule has 0 aliphatic carbocycles. The fraction of sp³-hybridized carbons (Fsp3) is 0.250. The van der Waals surface area contributed by atoms with Gasteiger partial charge in [-0.15, -0.1) is 0 Å². The fourth-order valence-electron chi connectivity index (χ4n) is 4.33. The van der Waals surface area contributed by atoms with Crippen LogP contribution in [0.3, 0.4) is 0 Å². The molecule has 2 amide bonds. The fourth-order valence-corrected chi connectivity index (χ4v) is 4.94. The van der Waals surface area contributed by atoms with Crippen LogP contribution in [0, 0.1) is 5.82 Å². The van der Waals surface area contributed by atoms with Gasteiger partial charge in [-0.1, -0.05) is 79.7 Å². The number of hydrogen-bond acceptors (Lipinski definition) is 3. The summed E-state index contributed by atoms with van der Waals surface area (Å²) in [6.45, 7) is 3.80. The van der Waals surface area contributed by atoms with Gasteiger partial charge in [-0.05, 0) is 69.4 Å². The maximum atomic E-state index is 13.8. The van der Waals surface area contributed by atoms with E-state index in [1.54, 1.807) is 12.1 Å². The number of ether oxygens (including phenoxy) is 1. The van der Waals surface area contributed by atoms with Gasteiger partial charge in [0, 0.05) is 19.0 Å². The topological polar surface area (TPSA) is 58.6 Å². The van der Waals surface area contributed by atoms with E-state index in [1.165, 1.54) is 17.0 Å². The molecule has 2 atom stereocenters. The van der Waals surface area contributed by atoms with E-state index in [1.807, 2.05) is 80.6 Å². The Labute approximate surface area is 237 Å². The predicted octanol–water partition coefficient (Wildman–Crippen LogP) is 6.68. The van der Waals surface area contributed by atoms with Crippen LogP contribution in [-0.4, -0.2) is 35.4 Å². The van der Waals surface area contributed by atoms with Gasteiger partial charge < -0.3 is 15.0 Å². The zero-order chi connectivity index (χ0) is 27.8. The van der Waals surface area contributed by atoms with E-state index in [-0.39, 0.29) is 36.8 Å². The lowest BCUT2D eigenvalue weighted by Crippen LogP contribution is -2.53. The monoisotopic (exact) mass is 590 g/mol. The van der Waals surface area contributed by atoms with E-state index in [9.17, 15) is 14.0 Å². The molecule has 0 unspecified atom stereocenters. The average molecular weight is 592 g/mol. The zero-order valence-electron chi connectivity index (χ0n) is 22.1. The Morgan fingerprint density at radius 2 is 1.62 bits per heavy atom. The molecule has 0 radical (unpaired) electrons. The number of amides is 2. The molecule has 4 aromatic carbocycles. The zero-order valence-corrected chi connectivity index (χ0v) is 23.7. The Kier molecular flexibility index (Phi) is 9.71. The molecule has 0 aliphatic heterocycles. The third-order valence-electron chi connectivity index (χ3n) is 6.72. The van der Waals surface area contributed by atoms with Crippen molar-refractivity contribution >= 4 is 38.5 Å². The molecule has 39 heavy (non-hydrogen) atoms. The van der Waals surface area contributed by atoms with Crippen LogP contribution in [0.15, 0.2) is 95.5 Å². The van der Waals surface area contributed by atoms with Gasteiger partial charge in [0.25, 0.3) is 5.91 Å². The van der Waals surface area contributed by atoms with Crippen molar-refractivity contribution in [3.8, 4) is 5.75 Å². The third kappa shape index (κ3) is 7.45. The molecule has 0 aliphatic rings. The third-order valence-corrected chi connectivity index (χ3v) is 7.54. The maximum Gasteiger partial charge on any atom is 0.261 e. The molecule has 5 nitrogen and oxygen atoms in total. The number of nitrogens with one attached hydrogen (secondary N) is 1. The number of hydrogen-bond donors (Lipinski definition) is 1. The van der Waals surface area contributed by atoms with Crippen LogP contribution in [0.1, 0.15) is 31.4 Å². The van der Waals surface area contributed by atoms with Crippen LogP contribution in [0.25, 0.3) is 10.8 Å². The lowest BCUT2D eigenvalue weighted by atomic mass is 10.0. The summed E-state index contributed by atoms with van der Waals surface area (Å²) in [6.07, 6.45) is 1.09. The first-order valence-corrected chi connectivity index (χ1v) is 13.8. The molecule has 0 fully saturated rings. The molecular formula is C32H32BrFN2O3. The van der Waals surface area contributed by atoms with Crippen LogP contribution in [0.5, 0.6) is 5.75 Å². The van der Waals surface area contributed by atoms with Crippen molar-refractivity contribution in [2.45, 2.75) is 45.3 Å². The van der Waals surface area contributed by atoms with Crippen molar-refractivity contribution < 1.29 is 18.7 Å². The number of rotatable bonds is 11. The highest BCUT2D eigenvalue weighted by atomic mass is 79.9. The Balaban J connectivity index is 1.64. The van der Waals surface area contributed by atoms with Crippen LogP contribution in [0.2, 0.25) is 0 Å². The SMILES string of the molecule is CC[C@@H](C)NC(=O)[C@@H](Cc1ccccc1)N(Cc1ccc(F)cc1)C(=O)COc1ccc2ccccc2c1Br. The summed E-state index contributed by atoms with van der Waals surface area (Å²) in [6, 6.07) is 26.4. The second-order valence-corrected chi connectivity index (χ2v) is 10.4. The Morgan fingerprint density at radius 1 is 0.923 bits per heavy atom. The maximum absolute atomic E-state index is 13.8. The highest BCUT2D eigenvalue weighted by Crippen LogP contribution is 2.33. The van der Waals surface area contributed by atoms with E-state index in [0.717, 1.165) is 27.2 Å². The first-order chi connectivity index (χ1) is 18.9. The summed E-state index contributed by atoms with van der Waals surface area (Å²) in [4.78, 5) is 28.9. The second-order valence-electron chi connectivity index (χ2n) is 9.56. The standard InChI is InChI=1S/C32H32BrFN2O3/c1-3-22(2)35-32(38)28(19-23-9-5-4-6-10-23)36(20-24-13-16-26(34)17-14-24)30(37)21-39-29-18-15-25-11-7-8-12-27(25)31(29)33/h4-18,22,28H,3,19-21H2,1-2H3,(H,35,38)/t22-,28-/m1/s1. The molecule has 7 heteroatoms. The first-order valence-electron chi connectivity index (χ1n) is 13.0. The lowest BCUT2D eigenvalue weighted by molar-refractivity contribution is -0.143. The van der Waals surface area contributed by atoms with E-state index in [2.05, 4.69) is 21.2 Å². The van der Waals surface area contributed by atoms with Crippen LogP contribution in [0.4, 0.5) is 4.39 Å². The molecule has 0 aromatic heterocycles. The quantitative estimate of drug-likeness (QED) is 0.212. The van der Waals surface area contributed by atoms with Gasteiger partial charge in [0.15, 0.2) is 6.61 Å². The first kappa shape index (κ1) is 28.3. The average Bonchev–Trinajstić information content (AvgIpc) is 2.96. The Morgan fingerprint density at radius 3 is 2.33 bits per heavy atom. The summed E-state index contributed by atoms with van der Waals surface area (Å²) in [5.41, 5.74) is 1.64. The normalized spacial score (nSPS) is 12.5. The number of fused-ring (bicyclic) bond motifs is 1. The number of nitrogens with zero attached hydrogens (tertiary/aromatic N) is 1. The van der Waals surface area contributed by atoms with Crippen molar-refractivity contribution in [1.29, 1.82) is 0 Å². The molecule has 0 saturated heterocycles. The molecule has 4 aromatic rings. The van der Waals surface area contributed by atoms with Gasteiger partial charge in [-0.2, -0.15) is 0 Å². The second kappa shape index (κ2) is 13.4. The van der Waals surface area contributed by atoms with Gasteiger partial charge in [-0.25, -0.2) is 4.39 Å². The van der Waals surface area contributed by atoms with E-state index < -0.39 is 6.04 Å². The highest BCUT2D eigenvalue weighted by Gasteiger charge is 2.31. The molecule has 202 valence electrons. The predicted molar refractivity (Wildman–Crippen MR) is 156 cm³/mol. The van der Waals surface area contributed by atoms with Crippen molar-refractivity contribution in [3.63, 3.8) is 0 Å². The van der Waals surface area contributed by atoms with Gasteiger partial charge in [0.05, 0.1) is 4.47 Å². The summed E-state index contributed by atoms with van der Waals surface area (Å²) in [7, 11) is 0. The summed E-state index contributed by atoms with van der Waals surface area (Å²) in [5, 5.41) is 5.06. The van der Waals surface area contributed by atoms with Gasteiger partial charge in [-0.3, -0.25) is 9.59 Å². The number of carbonyl (C=O) groups excluding carboxylic acids is 2. The van der Waals surface area contributed by atoms with E-state index in [4.69, 9.17) is 4.74 Å². The summed E-state index contributed by atoms with van der Waals surface area (Å²) >= 11 is 3.61. The minimum atomic E-state index is -0.789. The van der Waals surface area contributed by atoms with Gasteiger partial charge >= 0.3 is 0 Å². The number of carbonyl (C=O) groups is 2. The Bertz CT molecular complexity index is 1410. The van der Waals surface area contributed by atoms with Gasteiger partial charge in [0.2, 0.25) is 5.91 Å². The van der Waals surface area contributed by atoms with Crippen LogP contribution >= 0.6 is 15.9 Å². The molecule has 0 bridgehead atoms. The lowest BCUT2D eigenvalue weighted by Gasteiger charge is -2.32.